The van der Waals surface area contributed by atoms with Crippen LogP contribution in [0.15, 0.2) is 30.3 Å². The Kier molecular flexibility index (Phi) is 5.69. The minimum atomic E-state index is -4.84. The first-order chi connectivity index (χ1) is 11.4. The molecule has 1 N–H and O–H groups in total. The maximum absolute atomic E-state index is 13.0. The number of benzene rings is 1. The average Bonchev–Trinajstić information content (AvgIpc) is 2.38. The third-order valence-electron chi connectivity index (χ3n) is 3.90. The molecule has 1 atom stereocenters. The Bertz CT molecular complexity index is 791. The van der Waals surface area contributed by atoms with Crippen LogP contribution in [0.4, 0.5) is 18.9 Å². The molecule has 0 amide bonds. The first-order valence-electron chi connectivity index (χ1n) is 7.52. The van der Waals surface area contributed by atoms with Crippen molar-refractivity contribution in [3.8, 4) is 0 Å². The molecule has 1 aromatic rings. The van der Waals surface area contributed by atoms with Crippen molar-refractivity contribution in [3.05, 3.63) is 30.3 Å². The zero-order chi connectivity index (χ0) is 18.9. The fourth-order valence-electron chi connectivity index (χ4n) is 2.63. The minimum absolute atomic E-state index is 0.0664. The maximum Gasteiger partial charge on any atom is 0.391 e. The highest BCUT2D eigenvalue weighted by Gasteiger charge is 2.48. The number of sulfonamides is 2. The van der Waals surface area contributed by atoms with E-state index in [2.05, 4.69) is 4.72 Å². The Morgan fingerprint density at radius 2 is 1.72 bits per heavy atom. The van der Waals surface area contributed by atoms with Gasteiger partial charge in [-0.15, -0.1) is 0 Å². The van der Waals surface area contributed by atoms with Gasteiger partial charge in [0.1, 0.15) is 0 Å². The van der Waals surface area contributed by atoms with E-state index in [9.17, 15) is 30.0 Å². The van der Waals surface area contributed by atoms with Gasteiger partial charge in [-0.3, -0.25) is 4.72 Å². The molecular formula is C14H19F3N2O4S2. The van der Waals surface area contributed by atoms with Gasteiger partial charge in [0, 0.05) is 11.7 Å². The van der Waals surface area contributed by atoms with Crippen molar-refractivity contribution >= 4 is 25.7 Å². The number of rotatable bonds is 7. The van der Waals surface area contributed by atoms with Crippen molar-refractivity contribution < 1.29 is 30.0 Å². The Morgan fingerprint density at radius 3 is 2.12 bits per heavy atom. The Morgan fingerprint density at radius 1 is 1.16 bits per heavy atom. The second-order valence-corrected chi connectivity index (χ2v) is 9.69. The van der Waals surface area contributed by atoms with E-state index in [0.717, 1.165) is 6.26 Å². The van der Waals surface area contributed by atoms with Gasteiger partial charge in [0.2, 0.25) is 20.0 Å². The molecule has 0 bridgehead atoms. The van der Waals surface area contributed by atoms with E-state index in [1.807, 2.05) is 0 Å². The van der Waals surface area contributed by atoms with Crippen molar-refractivity contribution in [2.45, 2.75) is 43.3 Å². The predicted octanol–water partition coefficient (Wildman–Crippen LogP) is 2.52. The summed E-state index contributed by atoms with van der Waals surface area (Å²) >= 11 is 0. The molecule has 0 radical (unpaired) electrons. The van der Waals surface area contributed by atoms with Crippen LogP contribution in [0.1, 0.15) is 25.7 Å². The molecule has 1 aliphatic carbocycles. The van der Waals surface area contributed by atoms with Crippen LogP contribution < -0.4 is 4.72 Å². The predicted molar refractivity (Wildman–Crippen MR) is 87.8 cm³/mol. The van der Waals surface area contributed by atoms with E-state index < -0.39 is 44.1 Å². The summed E-state index contributed by atoms with van der Waals surface area (Å²) in [5, 5.41) is -2.26. The topological polar surface area (TPSA) is 83.6 Å². The van der Waals surface area contributed by atoms with Crippen LogP contribution in [-0.2, 0) is 20.0 Å². The van der Waals surface area contributed by atoms with Gasteiger partial charge in [-0.25, -0.2) is 16.8 Å². The SMILES string of the molecule is CS(=O)(=O)N(C1CCC1)C(CC(F)(F)F)S(=O)(=O)Nc1ccccc1. The van der Waals surface area contributed by atoms with Crippen molar-refractivity contribution in [3.63, 3.8) is 0 Å². The Balaban J connectivity index is 2.43. The van der Waals surface area contributed by atoms with E-state index in [1.165, 1.54) is 24.3 Å². The fourth-order valence-corrected chi connectivity index (χ4v) is 6.15. The largest absolute Gasteiger partial charge is 0.391 e. The van der Waals surface area contributed by atoms with Crippen LogP contribution in [0.5, 0.6) is 0 Å². The molecule has 1 aromatic carbocycles. The molecule has 142 valence electrons. The van der Waals surface area contributed by atoms with Gasteiger partial charge < -0.3 is 0 Å². The monoisotopic (exact) mass is 400 g/mol. The molecule has 1 fully saturated rings. The van der Waals surface area contributed by atoms with Gasteiger partial charge in [-0.1, -0.05) is 24.6 Å². The first-order valence-corrected chi connectivity index (χ1v) is 10.9. The molecule has 25 heavy (non-hydrogen) atoms. The Labute approximate surface area is 145 Å². The summed E-state index contributed by atoms with van der Waals surface area (Å²) in [6.07, 6.45) is -4.58. The van der Waals surface area contributed by atoms with E-state index in [4.69, 9.17) is 0 Å². The summed E-state index contributed by atoms with van der Waals surface area (Å²) < 4.78 is 90.8. The number of para-hydroxylation sites is 1. The lowest BCUT2D eigenvalue weighted by Gasteiger charge is -2.40. The molecule has 0 saturated heterocycles. The summed E-state index contributed by atoms with van der Waals surface area (Å²) in [5.74, 6) is 0. The van der Waals surface area contributed by atoms with E-state index in [-0.39, 0.29) is 5.69 Å². The number of alkyl halides is 3. The summed E-state index contributed by atoms with van der Waals surface area (Å²) in [7, 11) is -8.79. The summed E-state index contributed by atoms with van der Waals surface area (Å²) in [6.45, 7) is 0. The lowest BCUT2D eigenvalue weighted by molar-refractivity contribution is -0.140. The van der Waals surface area contributed by atoms with Gasteiger partial charge >= 0.3 is 6.18 Å². The van der Waals surface area contributed by atoms with Crippen molar-refractivity contribution in [1.29, 1.82) is 0 Å². The summed E-state index contributed by atoms with van der Waals surface area (Å²) in [5.41, 5.74) is 0.0664. The summed E-state index contributed by atoms with van der Waals surface area (Å²) in [4.78, 5) is 0. The quantitative estimate of drug-likeness (QED) is 0.762. The zero-order valence-electron chi connectivity index (χ0n) is 13.4. The molecular weight excluding hydrogens is 381 g/mol. The number of nitrogens with one attached hydrogen (secondary N) is 1. The lowest BCUT2D eigenvalue weighted by Crippen LogP contribution is -2.55. The molecule has 11 heteroatoms. The van der Waals surface area contributed by atoms with Crippen LogP contribution in [0.2, 0.25) is 0 Å². The fraction of sp³-hybridized carbons (Fsp3) is 0.571. The van der Waals surface area contributed by atoms with Crippen LogP contribution >= 0.6 is 0 Å². The van der Waals surface area contributed by atoms with Gasteiger partial charge in [-0.05, 0) is 25.0 Å². The first kappa shape index (κ1) is 20.0. The number of anilines is 1. The van der Waals surface area contributed by atoms with Gasteiger partial charge in [-0.2, -0.15) is 17.5 Å². The molecule has 1 aliphatic rings. The molecule has 0 aliphatic heterocycles. The van der Waals surface area contributed by atoms with E-state index in [0.29, 0.717) is 23.6 Å². The van der Waals surface area contributed by atoms with Crippen molar-refractivity contribution in [2.24, 2.45) is 0 Å². The number of halogens is 3. The summed E-state index contributed by atoms with van der Waals surface area (Å²) in [6, 6.07) is 6.64. The normalized spacial score (nSPS) is 18.0. The molecule has 0 spiro atoms. The van der Waals surface area contributed by atoms with Crippen molar-refractivity contribution in [2.75, 3.05) is 11.0 Å². The third-order valence-corrected chi connectivity index (χ3v) is 6.98. The molecule has 1 unspecified atom stereocenters. The standard InChI is InChI=1S/C14H19F3N2O4S2/c1-24(20,21)19(12-8-5-9-12)13(10-14(15,16)17)25(22,23)18-11-6-3-2-4-7-11/h2-4,6-7,12-13,18H,5,8-10H2,1H3. The van der Waals surface area contributed by atoms with Crippen LogP contribution in [-0.4, -0.2) is 45.0 Å². The highest BCUT2D eigenvalue weighted by molar-refractivity contribution is 7.95. The minimum Gasteiger partial charge on any atom is -0.282 e. The third kappa shape index (κ3) is 5.32. The van der Waals surface area contributed by atoms with Crippen molar-refractivity contribution in [1.82, 2.24) is 4.31 Å². The van der Waals surface area contributed by atoms with E-state index >= 15 is 0 Å². The highest BCUT2D eigenvalue weighted by Crippen LogP contribution is 2.35. The second kappa shape index (κ2) is 7.12. The van der Waals surface area contributed by atoms with Gasteiger partial charge in [0.15, 0.2) is 5.37 Å². The average molecular weight is 400 g/mol. The highest BCUT2D eigenvalue weighted by atomic mass is 32.2. The van der Waals surface area contributed by atoms with E-state index in [1.54, 1.807) is 6.07 Å². The second-order valence-electron chi connectivity index (χ2n) is 5.96. The maximum atomic E-state index is 13.0. The Hall–Kier alpha value is -1.33. The number of hydrogen-bond donors (Lipinski definition) is 1. The van der Waals surface area contributed by atoms with Crippen LogP contribution in [0, 0.1) is 0 Å². The van der Waals surface area contributed by atoms with Crippen LogP contribution in [0.3, 0.4) is 0 Å². The van der Waals surface area contributed by atoms with Gasteiger partial charge in [0.05, 0.1) is 12.7 Å². The molecule has 0 aromatic heterocycles. The lowest BCUT2D eigenvalue weighted by atomic mass is 9.93. The molecule has 6 nitrogen and oxygen atoms in total. The van der Waals surface area contributed by atoms with Crippen LogP contribution in [0.25, 0.3) is 0 Å². The number of hydrogen-bond acceptors (Lipinski definition) is 4. The molecule has 2 rings (SSSR count). The molecule has 0 heterocycles. The number of nitrogens with zero attached hydrogens (tertiary/aromatic N) is 1. The molecule has 1 saturated carbocycles. The smallest absolute Gasteiger partial charge is 0.282 e. The van der Waals surface area contributed by atoms with Gasteiger partial charge in [0.25, 0.3) is 0 Å². The zero-order valence-corrected chi connectivity index (χ0v) is 15.0.